The third-order valence-corrected chi connectivity index (χ3v) is 3.79. The Hall–Kier alpha value is -0.970. The number of aryl methyl sites for hydroxylation is 1. The predicted molar refractivity (Wildman–Crippen MR) is 70.3 cm³/mol. The Kier molecular flexibility index (Phi) is 3.88. The summed E-state index contributed by atoms with van der Waals surface area (Å²) in [6, 6.07) is 2.54. The van der Waals surface area contributed by atoms with Crippen molar-refractivity contribution in [1.29, 1.82) is 0 Å². The van der Waals surface area contributed by atoms with E-state index in [-0.39, 0.29) is 0 Å². The Morgan fingerprint density at radius 3 is 2.88 bits per heavy atom. The first-order valence-electron chi connectivity index (χ1n) is 5.71. The Morgan fingerprint density at radius 2 is 2.25 bits per heavy atom. The molecule has 2 rings (SSSR count). The van der Waals surface area contributed by atoms with Gasteiger partial charge in [-0.25, -0.2) is 9.97 Å². The van der Waals surface area contributed by atoms with Crippen LogP contribution >= 0.6 is 11.8 Å². The van der Waals surface area contributed by atoms with Crippen LogP contribution in [0.5, 0.6) is 0 Å². The molecule has 16 heavy (non-hydrogen) atoms. The van der Waals surface area contributed by atoms with E-state index in [4.69, 9.17) is 0 Å². The minimum absolute atomic E-state index is 0.564. The maximum absolute atomic E-state index is 4.49. The summed E-state index contributed by atoms with van der Waals surface area (Å²) in [6.45, 7) is 2.07. The first kappa shape index (κ1) is 11.5. The molecule has 2 heterocycles. The van der Waals surface area contributed by atoms with Crippen LogP contribution in [-0.2, 0) is 6.42 Å². The quantitative estimate of drug-likeness (QED) is 0.840. The van der Waals surface area contributed by atoms with Crippen molar-refractivity contribution < 1.29 is 0 Å². The van der Waals surface area contributed by atoms with Crippen LogP contribution in [0, 0.1) is 0 Å². The van der Waals surface area contributed by atoms with Gasteiger partial charge in [0.2, 0.25) is 0 Å². The molecule has 2 N–H and O–H groups in total. The number of nitrogens with one attached hydrogen (secondary N) is 2. The molecule has 0 radical (unpaired) electrons. The minimum atomic E-state index is 0.564. The molecule has 0 aromatic carbocycles. The third-order valence-electron chi connectivity index (χ3n) is 2.63. The van der Waals surface area contributed by atoms with E-state index < -0.39 is 0 Å². The summed E-state index contributed by atoms with van der Waals surface area (Å²) >= 11 is 2.00. The highest BCUT2D eigenvalue weighted by molar-refractivity contribution is 7.99. The molecule has 1 aliphatic heterocycles. The Bertz CT molecular complexity index is 328. The molecule has 4 nitrogen and oxygen atoms in total. The van der Waals surface area contributed by atoms with Crippen LogP contribution in [0.2, 0.25) is 0 Å². The average molecular weight is 238 g/mol. The number of nitrogens with zero attached hydrogens (tertiary/aromatic N) is 2. The number of anilines is 2. The van der Waals surface area contributed by atoms with Gasteiger partial charge in [0.25, 0.3) is 0 Å². The summed E-state index contributed by atoms with van der Waals surface area (Å²) in [5.41, 5.74) is 0. The number of aromatic nitrogens is 2. The molecule has 1 fully saturated rings. The maximum Gasteiger partial charge on any atom is 0.132 e. The smallest absolute Gasteiger partial charge is 0.132 e. The molecular formula is C11H18N4S. The van der Waals surface area contributed by atoms with Gasteiger partial charge in [-0.15, -0.1) is 0 Å². The normalized spacial score (nSPS) is 19.8. The molecule has 1 aromatic heterocycles. The fourth-order valence-corrected chi connectivity index (χ4v) is 2.87. The zero-order chi connectivity index (χ0) is 11.4. The third kappa shape index (κ3) is 2.78. The predicted octanol–water partition coefficient (Wildman–Crippen LogP) is 2.00. The van der Waals surface area contributed by atoms with Crippen molar-refractivity contribution in [2.75, 3.05) is 29.2 Å². The van der Waals surface area contributed by atoms with Gasteiger partial charge in [-0.1, -0.05) is 6.92 Å². The van der Waals surface area contributed by atoms with Crippen LogP contribution in [0.15, 0.2) is 6.07 Å². The molecule has 0 amide bonds. The van der Waals surface area contributed by atoms with Crippen molar-refractivity contribution in [3.63, 3.8) is 0 Å². The maximum atomic E-state index is 4.49. The van der Waals surface area contributed by atoms with Gasteiger partial charge in [-0.2, -0.15) is 11.8 Å². The highest BCUT2D eigenvalue weighted by Crippen LogP contribution is 2.21. The topological polar surface area (TPSA) is 49.8 Å². The second kappa shape index (κ2) is 5.39. The zero-order valence-corrected chi connectivity index (χ0v) is 10.6. The monoisotopic (exact) mass is 238 g/mol. The number of rotatable bonds is 4. The molecule has 1 aromatic rings. The van der Waals surface area contributed by atoms with E-state index in [1.807, 2.05) is 24.9 Å². The molecule has 1 unspecified atom stereocenters. The second-order valence-electron chi connectivity index (χ2n) is 3.86. The van der Waals surface area contributed by atoms with Crippen LogP contribution in [0.3, 0.4) is 0 Å². The summed E-state index contributed by atoms with van der Waals surface area (Å²) in [4.78, 5) is 8.87. The minimum Gasteiger partial charge on any atom is -0.373 e. The molecular weight excluding hydrogens is 220 g/mol. The lowest BCUT2D eigenvalue weighted by atomic mass is 10.2. The van der Waals surface area contributed by atoms with Crippen molar-refractivity contribution >= 4 is 23.4 Å². The number of hydrogen-bond acceptors (Lipinski definition) is 5. The van der Waals surface area contributed by atoms with E-state index in [1.54, 1.807) is 0 Å². The highest BCUT2D eigenvalue weighted by atomic mass is 32.2. The van der Waals surface area contributed by atoms with Gasteiger partial charge in [0.1, 0.15) is 17.5 Å². The first-order chi connectivity index (χ1) is 7.81. The van der Waals surface area contributed by atoms with Crippen LogP contribution in [0.4, 0.5) is 11.6 Å². The summed E-state index contributed by atoms with van der Waals surface area (Å²) in [5.74, 6) is 5.16. The fourth-order valence-electron chi connectivity index (χ4n) is 1.71. The van der Waals surface area contributed by atoms with E-state index in [0.717, 1.165) is 23.9 Å². The largest absolute Gasteiger partial charge is 0.373 e. The van der Waals surface area contributed by atoms with Crippen LogP contribution < -0.4 is 10.6 Å². The van der Waals surface area contributed by atoms with Crippen LogP contribution in [0.25, 0.3) is 0 Å². The van der Waals surface area contributed by atoms with Crippen LogP contribution in [-0.4, -0.2) is 34.6 Å². The Balaban J connectivity index is 2.12. The molecule has 0 bridgehead atoms. The zero-order valence-electron chi connectivity index (χ0n) is 9.79. The molecule has 0 aliphatic carbocycles. The second-order valence-corrected chi connectivity index (χ2v) is 5.01. The summed E-state index contributed by atoms with van der Waals surface area (Å²) in [7, 11) is 1.89. The molecule has 1 atom stereocenters. The molecule has 0 saturated carbocycles. The average Bonchev–Trinajstić information content (AvgIpc) is 2.81. The van der Waals surface area contributed by atoms with Gasteiger partial charge >= 0.3 is 0 Å². The van der Waals surface area contributed by atoms with Crippen molar-refractivity contribution in [3.8, 4) is 0 Å². The SMILES string of the molecule is CCc1nc(NC)cc(NC2CCSC2)n1. The van der Waals surface area contributed by atoms with Gasteiger partial charge in [0, 0.05) is 31.3 Å². The lowest BCUT2D eigenvalue weighted by Crippen LogP contribution is -2.19. The van der Waals surface area contributed by atoms with Gasteiger partial charge in [0.05, 0.1) is 0 Å². The van der Waals surface area contributed by atoms with Crippen molar-refractivity contribution in [2.45, 2.75) is 25.8 Å². The van der Waals surface area contributed by atoms with Crippen molar-refractivity contribution in [3.05, 3.63) is 11.9 Å². The molecule has 5 heteroatoms. The van der Waals surface area contributed by atoms with Gasteiger partial charge < -0.3 is 10.6 Å². The van der Waals surface area contributed by atoms with E-state index >= 15 is 0 Å². The van der Waals surface area contributed by atoms with E-state index in [0.29, 0.717) is 6.04 Å². The van der Waals surface area contributed by atoms with Crippen molar-refractivity contribution in [2.24, 2.45) is 0 Å². The van der Waals surface area contributed by atoms with E-state index in [2.05, 4.69) is 27.5 Å². The molecule has 1 aliphatic rings. The summed E-state index contributed by atoms with van der Waals surface area (Å²) in [6.07, 6.45) is 2.09. The number of hydrogen-bond donors (Lipinski definition) is 2. The highest BCUT2D eigenvalue weighted by Gasteiger charge is 2.16. The first-order valence-corrected chi connectivity index (χ1v) is 6.87. The summed E-state index contributed by atoms with van der Waals surface area (Å²) in [5, 5.41) is 6.55. The van der Waals surface area contributed by atoms with Crippen molar-refractivity contribution in [1.82, 2.24) is 9.97 Å². The molecule has 1 saturated heterocycles. The Morgan fingerprint density at radius 1 is 1.44 bits per heavy atom. The van der Waals surface area contributed by atoms with E-state index in [1.165, 1.54) is 17.9 Å². The molecule has 88 valence electrons. The van der Waals surface area contributed by atoms with Gasteiger partial charge in [0.15, 0.2) is 0 Å². The fraction of sp³-hybridized carbons (Fsp3) is 0.636. The van der Waals surface area contributed by atoms with E-state index in [9.17, 15) is 0 Å². The number of thioether (sulfide) groups is 1. The molecule has 0 spiro atoms. The standard InChI is InChI=1S/C11H18N4S/c1-3-9-14-10(12-2)6-11(15-9)13-8-4-5-16-7-8/h6,8H,3-5,7H2,1-2H3,(H2,12,13,14,15). The van der Waals surface area contributed by atoms with Crippen LogP contribution in [0.1, 0.15) is 19.2 Å². The van der Waals surface area contributed by atoms with Gasteiger partial charge in [-0.05, 0) is 12.2 Å². The lowest BCUT2D eigenvalue weighted by Gasteiger charge is -2.13. The Labute approximate surface area is 101 Å². The lowest BCUT2D eigenvalue weighted by molar-refractivity contribution is 0.800. The van der Waals surface area contributed by atoms with Gasteiger partial charge in [-0.3, -0.25) is 0 Å². The summed E-state index contributed by atoms with van der Waals surface area (Å²) < 4.78 is 0.